The Morgan fingerprint density at radius 3 is 1.95 bits per heavy atom. The molecule has 0 bridgehead atoms. The summed E-state index contributed by atoms with van der Waals surface area (Å²) in [7, 11) is 0. The van der Waals surface area contributed by atoms with Gasteiger partial charge in [-0.3, -0.25) is 19.2 Å². The Kier molecular flexibility index (Phi) is 8.84. The van der Waals surface area contributed by atoms with Gasteiger partial charge in [-0.1, -0.05) is 13.8 Å². The summed E-state index contributed by atoms with van der Waals surface area (Å²) < 4.78 is 0. The van der Waals surface area contributed by atoms with Gasteiger partial charge in [-0.05, 0) is 6.42 Å². The highest BCUT2D eigenvalue weighted by Gasteiger charge is 2.21. The minimum atomic E-state index is -1.22. The summed E-state index contributed by atoms with van der Waals surface area (Å²) in [5, 5.41) is 11.2. The molecule has 7 heteroatoms. The number of hydrogen-bond donors (Lipinski definition) is 2. The predicted molar refractivity (Wildman–Crippen MR) is 73.6 cm³/mol. The minimum Gasteiger partial charge on any atom is -0.480 e. The second-order valence-electron chi connectivity index (χ2n) is 4.67. The van der Waals surface area contributed by atoms with Crippen LogP contribution < -0.4 is 5.32 Å². The van der Waals surface area contributed by atoms with Crippen LogP contribution in [-0.4, -0.2) is 40.4 Å². The number of carbonyl (C=O) groups is 5. The van der Waals surface area contributed by atoms with Crippen LogP contribution in [0.4, 0.5) is 0 Å². The van der Waals surface area contributed by atoms with Gasteiger partial charge in [0.15, 0.2) is 0 Å². The lowest BCUT2D eigenvalue weighted by molar-refractivity contribution is -0.142. The number of Topliss-reactive ketones (excluding diaryl/α,β-unsaturated/α-hetero) is 3. The van der Waals surface area contributed by atoms with E-state index in [4.69, 9.17) is 5.11 Å². The molecular formula is C14H21NO6. The van der Waals surface area contributed by atoms with Gasteiger partial charge in [-0.2, -0.15) is 0 Å². The number of carboxylic acids is 1. The van der Waals surface area contributed by atoms with Crippen LogP contribution in [0.3, 0.4) is 0 Å². The van der Waals surface area contributed by atoms with E-state index in [9.17, 15) is 24.0 Å². The van der Waals surface area contributed by atoms with Crippen LogP contribution in [0.5, 0.6) is 0 Å². The van der Waals surface area contributed by atoms with Crippen LogP contribution in [0.1, 0.15) is 52.4 Å². The standard InChI is InChI=1S/C14H21NO6/c1-3-9(16)7-11(18)8-10(17)5-6-12(14(20)21)15-13(19)4-2/h12H,3-8H2,1-2H3,(H,15,19)(H,20,21). The van der Waals surface area contributed by atoms with Gasteiger partial charge in [0, 0.05) is 19.3 Å². The van der Waals surface area contributed by atoms with E-state index in [1.54, 1.807) is 13.8 Å². The fourth-order valence-corrected chi connectivity index (χ4v) is 1.57. The molecular weight excluding hydrogens is 278 g/mol. The normalized spacial score (nSPS) is 11.5. The summed E-state index contributed by atoms with van der Waals surface area (Å²) in [6, 6.07) is -1.14. The number of carboxylic acid groups (broad SMARTS) is 1. The number of hydrogen-bond acceptors (Lipinski definition) is 5. The smallest absolute Gasteiger partial charge is 0.326 e. The molecule has 0 aliphatic rings. The molecule has 0 aromatic rings. The molecule has 21 heavy (non-hydrogen) atoms. The van der Waals surface area contributed by atoms with Crippen LogP contribution in [0.25, 0.3) is 0 Å². The maximum Gasteiger partial charge on any atom is 0.326 e. The fraction of sp³-hybridized carbons (Fsp3) is 0.643. The third-order valence-corrected chi connectivity index (χ3v) is 2.85. The number of aliphatic carboxylic acids is 1. The zero-order valence-corrected chi connectivity index (χ0v) is 12.3. The summed E-state index contributed by atoms with van der Waals surface area (Å²) in [6.07, 6.45) is -0.460. The Labute approximate surface area is 123 Å². The molecule has 7 nitrogen and oxygen atoms in total. The highest BCUT2D eigenvalue weighted by molar-refractivity contribution is 6.07. The van der Waals surface area contributed by atoms with Gasteiger partial charge in [0.05, 0.1) is 12.8 Å². The topological polar surface area (TPSA) is 118 Å². The molecule has 1 unspecified atom stereocenters. The predicted octanol–water partition coefficient (Wildman–Crippen LogP) is 0.643. The van der Waals surface area contributed by atoms with Crippen LogP contribution >= 0.6 is 0 Å². The van der Waals surface area contributed by atoms with Crippen molar-refractivity contribution in [3.8, 4) is 0 Å². The third-order valence-electron chi connectivity index (χ3n) is 2.85. The zero-order chi connectivity index (χ0) is 16.4. The van der Waals surface area contributed by atoms with Crippen molar-refractivity contribution in [1.29, 1.82) is 0 Å². The van der Waals surface area contributed by atoms with Gasteiger partial charge in [-0.15, -0.1) is 0 Å². The maximum absolute atomic E-state index is 11.6. The number of amides is 1. The quantitative estimate of drug-likeness (QED) is 0.541. The van der Waals surface area contributed by atoms with E-state index in [-0.39, 0.29) is 44.3 Å². The van der Waals surface area contributed by atoms with Crippen LogP contribution in [0, 0.1) is 0 Å². The average Bonchev–Trinajstić information content (AvgIpc) is 2.42. The molecule has 118 valence electrons. The highest BCUT2D eigenvalue weighted by atomic mass is 16.4. The van der Waals surface area contributed by atoms with Crippen molar-refractivity contribution < 1.29 is 29.1 Å². The number of rotatable bonds is 11. The second kappa shape index (κ2) is 9.79. The lowest BCUT2D eigenvalue weighted by Gasteiger charge is -2.13. The van der Waals surface area contributed by atoms with Gasteiger partial charge < -0.3 is 10.4 Å². The zero-order valence-electron chi connectivity index (χ0n) is 12.3. The van der Waals surface area contributed by atoms with Crippen LogP contribution in [-0.2, 0) is 24.0 Å². The molecule has 1 amide bonds. The van der Waals surface area contributed by atoms with E-state index in [1.165, 1.54) is 0 Å². The Morgan fingerprint density at radius 1 is 0.905 bits per heavy atom. The second-order valence-corrected chi connectivity index (χ2v) is 4.67. The van der Waals surface area contributed by atoms with Gasteiger partial charge in [0.25, 0.3) is 0 Å². The Balaban J connectivity index is 4.25. The van der Waals surface area contributed by atoms with Gasteiger partial charge in [-0.25, -0.2) is 4.79 Å². The summed E-state index contributed by atoms with van der Waals surface area (Å²) in [5.41, 5.74) is 0. The monoisotopic (exact) mass is 299 g/mol. The molecule has 0 aromatic carbocycles. The molecule has 0 saturated carbocycles. The largest absolute Gasteiger partial charge is 0.480 e. The molecule has 0 aliphatic heterocycles. The maximum atomic E-state index is 11.6. The minimum absolute atomic E-state index is 0.0745. The van der Waals surface area contributed by atoms with Gasteiger partial charge >= 0.3 is 5.97 Å². The van der Waals surface area contributed by atoms with Gasteiger partial charge in [0.2, 0.25) is 5.91 Å². The van der Waals surface area contributed by atoms with E-state index >= 15 is 0 Å². The molecule has 0 rings (SSSR count). The first kappa shape index (κ1) is 18.9. The van der Waals surface area contributed by atoms with Gasteiger partial charge in [0.1, 0.15) is 23.4 Å². The first-order valence-electron chi connectivity index (χ1n) is 6.87. The Bertz CT molecular complexity index is 429. The lowest BCUT2D eigenvalue weighted by atomic mass is 10.0. The summed E-state index contributed by atoms with van der Waals surface area (Å²) in [4.78, 5) is 56.1. The molecule has 0 aromatic heterocycles. The van der Waals surface area contributed by atoms with E-state index in [1.807, 2.05) is 0 Å². The van der Waals surface area contributed by atoms with E-state index < -0.39 is 29.5 Å². The molecule has 1 atom stereocenters. The SMILES string of the molecule is CCC(=O)CC(=O)CC(=O)CCC(NC(=O)CC)C(=O)O. The summed E-state index contributed by atoms with van der Waals surface area (Å²) >= 11 is 0. The molecule has 0 spiro atoms. The van der Waals surface area contributed by atoms with Crippen molar-refractivity contribution in [2.24, 2.45) is 0 Å². The van der Waals surface area contributed by atoms with Crippen LogP contribution in [0.15, 0.2) is 0 Å². The molecule has 0 radical (unpaired) electrons. The molecule has 0 heterocycles. The van der Waals surface area contributed by atoms with E-state index in [0.717, 1.165) is 0 Å². The van der Waals surface area contributed by atoms with Crippen molar-refractivity contribution in [2.45, 2.75) is 58.4 Å². The number of nitrogens with one attached hydrogen (secondary N) is 1. The molecule has 0 saturated heterocycles. The first-order chi connectivity index (χ1) is 9.79. The van der Waals surface area contributed by atoms with Crippen LogP contribution in [0.2, 0.25) is 0 Å². The van der Waals surface area contributed by atoms with E-state index in [2.05, 4.69) is 5.32 Å². The average molecular weight is 299 g/mol. The van der Waals surface area contributed by atoms with E-state index in [0.29, 0.717) is 0 Å². The molecule has 0 aliphatic carbocycles. The molecule has 0 fully saturated rings. The third kappa shape index (κ3) is 8.67. The summed E-state index contributed by atoms with van der Waals surface area (Å²) in [5.74, 6) is -2.76. The van der Waals surface area contributed by atoms with Crippen molar-refractivity contribution >= 4 is 29.2 Å². The van der Waals surface area contributed by atoms with Crippen molar-refractivity contribution in [2.75, 3.05) is 0 Å². The van der Waals surface area contributed by atoms with Crippen molar-refractivity contribution in [3.63, 3.8) is 0 Å². The van der Waals surface area contributed by atoms with Crippen molar-refractivity contribution in [3.05, 3.63) is 0 Å². The fourth-order valence-electron chi connectivity index (χ4n) is 1.57. The lowest BCUT2D eigenvalue weighted by Crippen LogP contribution is -2.40. The van der Waals surface area contributed by atoms with Crippen molar-refractivity contribution in [1.82, 2.24) is 5.32 Å². The highest BCUT2D eigenvalue weighted by Crippen LogP contribution is 2.04. The summed E-state index contributed by atoms with van der Waals surface area (Å²) in [6.45, 7) is 3.22. The Morgan fingerprint density at radius 2 is 1.48 bits per heavy atom. The molecule has 2 N–H and O–H groups in total. The first-order valence-corrected chi connectivity index (χ1v) is 6.87. The number of carbonyl (C=O) groups excluding carboxylic acids is 4. The number of ketones is 3. The Hall–Kier alpha value is -2.05.